The Morgan fingerprint density at radius 2 is 1.15 bits per heavy atom. The molecule has 2 aromatic rings. The molecule has 0 fully saturated rings. The molecule has 0 aliphatic carbocycles. The Morgan fingerprint density at radius 1 is 0.741 bits per heavy atom. The number of hydrogen-bond donors (Lipinski definition) is 2. The van der Waals surface area contributed by atoms with Crippen LogP contribution in [-0.4, -0.2) is 35.1 Å². The van der Waals surface area contributed by atoms with Crippen molar-refractivity contribution in [2.45, 2.75) is 16.2 Å². The van der Waals surface area contributed by atoms with Gasteiger partial charge in [-0.3, -0.25) is 9.59 Å². The third kappa shape index (κ3) is 7.66. The van der Waals surface area contributed by atoms with Gasteiger partial charge >= 0.3 is 0 Å². The number of rotatable bonds is 10. The third-order valence-electron chi connectivity index (χ3n) is 3.37. The predicted molar refractivity (Wildman–Crippen MR) is 118 cm³/mol. The van der Waals surface area contributed by atoms with Crippen molar-refractivity contribution in [3.63, 3.8) is 0 Å². The number of anilines is 2. The van der Waals surface area contributed by atoms with Gasteiger partial charge in [0.25, 0.3) is 0 Å². The van der Waals surface area contributed by atoms with Crippen molar-refractivity contribution < 1.29 is 9.59 Å². The van der Waals surface area contributed by atoms with Crippen LogP contribution in [0.3, 0.4) is 0 Å². The van der Waals surface area contributed by atoms with E-state index in [4.69, 9.17) is 23.2 Å². The summed E-state index contributed by atoms with van der Waals surface area (Å²) in [6.45, 7) is 0. The lowest BCUT2D eigenvalue weighted by Crippen LogP contribution is -2.13. The van der Waals surface area contributed by atoms with E-state index in [1.165, 1.54) is 0 Å². The van der Waals surface area contributed by atoms with Gasteiger partial charge in [-0.2, -0.15) is 0 Å². The summed E-state index contributed by atoms with van der Waals surface area (Å²) in [6.07, 6.45) is 0.977. The molecule has 0 spiro atoms. The summed E-state index contributed by atoms with van der Waals surface area (Å²) in [5.74, 6) is 1.28. The number of nitrogens with one attached hydrogen (secondary N) is 2. The molecular formula is C19H20Cl2N2O2S2. The van der Waals surface area contributed by atoms with Crippen molar-refractivity contribution >= 4 is 69.9 Å². The summed E-state index contributed by atoms with van der Waals surface area (Å²) in [6, 6.07) is 15.4. The number of carbonyl (C=O) groups is 2. The molecule has 0 heterocycles. The van der Waals surface area contributed by atoms with Gasteiger partial charge in [0.2, 0.25) is 11.8 Å². The molecule has 0 atom stereocenters. The molecule has 0 unspecified atom stereocenters. The van der Waals surface area contributed by atoms with Crippen LogP contribution in [0, 0.1) is 0 Å². The quantitative estimate of drug-likeness (QED) is 0.297. The van der Waals surface area contributed by atoms with Crippen molar-refractivity contribution in [2.75, 3.05) is 33.9 Å². The van der Waals surface area contributed by atoms with Crippen LogP contribution in [0.1, 0.15) is 6.42 Å². The highest BCUT2D eigenvalue weighted by Crippen LogP contribution is 2.30. The molecule has 0 saturated heterocycles. The van der Waals surface area contributed by atoms with Gasteiger partial charge < -0.3 is 10.6 Å². The van der Waals surface area contributed by atoms with E-state index in [0.717, 1.165) is 39.1 Å². The molecule has 8 heteroatoms. The molecule has 0 aliphatic rings. The molecule has 2 rings (SSSR count). The normalized spacial score (nSPS) is 10.4. The topological polar surface area (TPSA) is 58.2 Å². The number of thioether (sulfide) groups is 2. The van der Waals surface area contributed by atoms with E-state index in [-0.39, 0.29) is 23.6 Å². The van der Waals surface area contributed by atoms with Crippen LogP contribution < -0.4 is 10.6 Å². The van der Waals surface area contributed by atoms with Crippen molar-refractivity contribution in [1.29, 1.82) is 0 Å². The molecule has 27 heavy (non-hydrogen) atoms. The lowest BCUT2D eigenvalue weighted by molar-refractivity contribution is -0.114. The second-order valence-corrected chi connectivity index (χ2v) is 8.21. The molecule has 0 bridgehead atoms. The maximum Gasteiger partial charge on any atom is 0.239 e. The Hall–Kier alpha value is -1.34. The first-order chi connectivity index (χ1) is 13.1. The Balaban J connectivity index is 1.82. The molecule has 0 aromatic heterocycles. The van der Waals surface area contributed by atoms with Gasteiger partial charge in [-0.05, 0) is 42.2 Å². The molecule has 0 radical (unpaired) electrons. The highest BCUT2D eigenvalue weighted by atomic mass is 35.5. The second-order valence-electron chi connectivity index (χ2n) is 5.41. The average Bonchev–Trinajstić information content (AvgIpc) is 2.69. The van der Waals surface area contributed by atoms with Crippen LogP contribution >= 0.6 is 46.7 Å². The summed E-state index contributed by atoms with van der Waals surface area (Å²) < 4.78 is 0. The fourth-order valence-electron chi connectivity index (χ4n) is 2.18. The summed E-state index contributed by atoms with van der Waals surface area (Å²) in [5, 5.41) is 5.62. The van der Waals surface area contributed by atoms with Gasteiger partial charge in [0, 0.05) is 9.79 Å². The zero-order valence-electron chi connectivity index (χ0n) is 14.5. The first-order valence-electron chi connectivity index (χ1n) is 8.29. The van der Waals surface area contributed by atoms with Gasteiger partial charge in [-0.1, -0.05) is 24.3 Å². The number of hydrogen-bond acceptors (Lipinski definition) is 4. The van der Waals surface area contributed by atoms with Crippen molar-refractivity contribution in [1.82, 2.24) is 0 Å². The zero-order valence-corrected chi connectivity index (χ0v) is 17.7. The van der Waals surface area contributed by atoms with Crippen LogP contribution in [0.2, 0.25) is 0 Å². The first kappa shape index (κ1) is 22.0. The van der Waals surface area contributed by atoms with E-state index in [1.54, 1.807) is 23.5 Å². The van der Waals surface area contributed by atoms with Gasteiger partial charge in [0.1, 0.15) is 11.8 Å². The van der Waals surface area contributed by atoms with Crippen LogP contribution in [0.5, 0.6) is 0 Å². The van der Waals surface area contributed by atoms with E-state index in [2.05, 4.69) is 10.6 Å². The number of para-hydroxylation sites is 2. The molecule has 0 saturated carbocycles. The number of carbonyl (C=O) groups excluding carboxylic acids is 2. The number of alkyl halides is 2. The fraction of sp³-hybridized carbons (Fsp3) is 0.263. The Bertz CT molecular complexity index is 711. The SMILES string of the molecule is O=C(CCl)Nc1ccccc1SCCCSc1ccccc1NC(=O)CCl. The summed E-state index contributed by atoms with van der Waals surface area (Å²) in [7, 11) is 0. The maximum atomic E-state index is 11.5. The Morgan fingerprint density at radius 3 is 1.56 bits per heavy atom. The van der Waals surface area contributed by atoms with E-state index in [0.29, 0.717) is 0 Å². The molecule has 4 nitrogen and oxygen atoms in total. The minimum atomic E-state index is -0.212. The molecule has 2 N–H and O–H groups in total. The largest absolute Gasteiger partial charge is 0.324 e. The van der Waals surface area contributed by atoms with Gasteiger partial charge in [0.15, 0.2) is 0 Å². The molecule has 2 aromatic carbocycles. The Labute approximate surface area is 177 Å². The Kier molecular flexibility index (Phi) is 9.91. The van der Waals surface area contributed by atoms with Crippen LogP contribution in [0.4, 0.5) is 11.4 Å². The number of amides is 2. The van der Waals surface area contributed by atoms with E-state index < -0.39 is 0 Å². The molecule has 144 valence electrons. The zero-order chi connectivity index (χ0) is 19.5. The van der Waals surface area contributed by atoms with Gasteiger partial charge in [-0.15, -0.1) is 46.7 Å². The van der Waals surface area contributed by atoms with Gasteiger partial charge in [-0.25, -0.2) is 0 Å². The van der Waals surface area contributed by atoms with E-state index in [9.17, 15) is 9.59 Å². The third-order valence-corrected chi connectivity index (χ3v) is 6.17. The van der Waals surface area contributed by atoms with Crippen molar-refractivity contribution in [2.24, 2.45) is 0 Å². The summed E-state index contributed by atoms with van der Waals surface area (Å²) in [4.78, 5) is 25.1. The first-order valence-corrected chi connectivity index (χ1v) is 11.3. The van der Waals surface area contributed by atoms with Gasteiger partial charge in [0.05, 0.1) is 11.4 Å². The standard InChI is InChI=1S/C19H20Cl2N2O2S2/c20-12-18(24)22-14-6-1-3-8-16(14)26-10-5-11-27-17-9-4-2-7-15(17)23-19(25)13-21/h1-4,6-9H,5,10-13H2,(H,22,24)(H,23,25). The van der Waals surface area contributed by atoms with Crippen LogP contribution in [0.25, 0.3) is 0 Å². The van der Waals surface area contributed by atoms with Crippen LogP contribution in [0.15, 0.2) is 58.3 Å². The fourth-order valence-corrected chi connectivity index (χ4v) is 4.41. The number of halogens is 2. The van der Waals surface area contributed by atoms with Crippen LogP contribution in [-0.2, 0) is 9.59 Å². The molecular weight excluding hydrogens is 423 g/mol. The highest BCUT2D eigenvalue weighted by Gasteiger charge is 2.08. The molecule has 2 amide bonds. The van der Waals surface area contributed by atoms with Crippen molar-refractivity contribution in [3.05, 3.63) is 48.5 Å². The van der Waals surface area contributed by atoms with E-state index in [1.807, 2.05) is 48.5 Å². The monoisotopic (exact) mass is 442 g/mol. The smallest absolute Gasteiger partial charge is 0.239 e. The summed E-state index contributed by atoms with van der Waals surface area (Å²) >= 11 is 14.5. The minimum absolute atomic E-state index is 0.0602. The number of benzene rings is 2. The minimum Gasteiger partial charge on any atom is -0.324 e. The highest BCUT2D eigenvalue weighted by molar-refractivity contribution is 8.00. The lowest BCUT2D eigenvalue weighted by Gasteiger charge is -2.11. The predicted octanol–water partition coefficient (Wildman–Crippen LogP) is 5.32. The maximum absolute atomic E-state index is 11.5. The average molecular weight is 443 g/mol. The lowest BCUT2D eigenvalue weighted by atomic mass is 10.3. The second kappa shape index (κ2) is 12.2. The summed E-state index contributed by atoms with van der Waals surface area (Å²) in [5.41, 5.74) is 1.57. The van der Waals surface area contributed by atoms with E-state index >= 15 is 0 Å². The van der Waals surface area contributed by atoms with Crippen molar-refractivity contribution in [3.8, 4) is 0 Å². The molecule has 0 aliphatic heterocycles.